The van der Waals surface area contributed by atoms with E-state index in [1.807, 2.05) is 0 Å². The summed E-state index contributed by atoms with van der Waals surface area (Å²) in [5, 5.41) is 0. The molecule has 1 aliphatic heterocycles. The van der Waals surface area contributed by atoms with Gasteiger partial charge in [0.1, 0.15) is 0 Å². The van der Waals surface area contributed by atoms with E-state index in [1.165, 1.54) is 25.8 Å². The third kappa shape index (κ3) is 3.63. The fraction of sp³-hybridized carbons (Fsp3) is 1.00. The molecule has 1 aliphatic rings. The summed E-state index contributed by atoms with van der Waals surface area (Å²) in [7, 11) is 1.79. The smallest absolute Gasteiger partial charge is 0.0618 e. The topological polar surface area (TPSA) is 38.5 Å². The zero-order valence-corrected chi connectivity index (χ0v) is 8.67. The SMILES string of the molecule is COC[C@H]1CCCCN1CCCN. The van der Waals surface area contributed by atoms with Gasteiger partial charge in [-0.05, 0) is 38.9 Å². The standard InChI is InChI=1S/C10H22N2O/c1-13-9-10-5-2-3-7-12(10)8-4-6-11/h10H,2-9,11H2,1H3/t10-/m1/s1. The van der Waals surface area contributed by atoms with Gasteiger partial charge < -0.3 is 10.5 Å². The largest absolute Gasteiger partial charge is 0.383 e. The molecule has 0 unspecified atom stereocenters. The fourth-order valence-corrected chi connectivity index (χ4v) is 2.03. The Bertz CT molecular complexity index is 128. The number of nitrogens with two attached hydrogens (primary N) is 1. The van der Waals surface area contributed by atoms with Crippen molar-refractivity contribution in [3.05, 3.63) is 0 Å². The number of methoxy groups -OCH3 is 1. The van der Waals surface area contributed by atoms with Crippen LogP contribution < -0.4 is 5.73 Å². The molecule has 1 rings (SSSR count). The molecule has 1 fully saturated rings. The molecule has 0 aromatic carbocycles. The molecule has 0 saturated carbocycles. The first-order valence-electron chi connectivity index (χ1n) is 5.31. The van der Waals surface area contributed by atoms with Gasteiger partial charge in [-0.2, -0.15) is 0 Å². The minimum Gasteiger partial charge on any atom is -0.383 e. The van der Waals surface area contributed by atoms with Gasteiger partial charge in [-0.3, -0.25) is 4.90 Å². The van der Waals surface area contributed by atoms with Gasteiger partial charge in [-0.15, -0.1) is 0 Å². The summed E-state index contributed by atoms with van der Waals surface area (Å²) in [5.74, 6) is 0. The lowest BCUT2D eigenvalue weighted by molar-refractivity contribution is 0.0647. The molecule has 0 amide bonds. The Kier molecular flexibility index (Phi) is 5.35. The van der Waals surface area contributed by atoms with E-state index in [0.717, 1.165) is 26.1 Å². The normalized spacial score (nSPS) is 24.9. The molecular formula is C10H22N2O. The summed E-state index contributed by atoms with van der Waals surface area (Å²) in [6.45, 7) is 4.05. The highest BCUT2D eigenvalue weighted by molar-refractivity contribution is 4.76. The van der Waals surface area contributed by atoms with Gasteiger partial charge >= 0.3 is 0 Å². The van der Waals surface area contributed by atoms with Crippen LogP contribution in [0, 0.1) is 0 Å². The quantitative estimate of drug-likeness (QED) is 0.691. The number of hydrogen-bond acceptors (Lipinski definition) is 3. The van der Waals surface area contributed by atoms with E-state index in [2.05, 4.69) is 4.90 Å². The number of hydrogen-bond donors (Lipinski definition) is 1. The predicted molar refractivity (Wildman–Crippen MR) is 54.8 cm³/mol. The Labute approximate surface area is 81.2 Å². The Morgan fingerprint density at radius 3 is 3.00 bits per heavy atom. The molecule has 0 radical (unpaired) electrons. The molecule has 13 heavy (non-hydrogen) atoms. The average molecular weight is 186 g/mol. The highest BCUT2D eigenvalue weighted by atomic mass is 16.5. The zero-order valence-electron chi connectivity index (χ0n) is 8.67. The number of piperidine rings is 1. The molecular weight excluding hydrogens is 164 g/mol. The first-order valence-corrected chi connectivity index (χ1v) is 5.31. The first kappa shape index (κ1) is 11.0. The molecule has 0 bridgehead atoms. The van der Waals surface area contributed by atoms with Crippen LogP contribution in [0.4, 0.5) is 0 Å². The van der Waals surface area contributed by atoms with Crippen LogP contribution in [-0.2, 0) is 4.74 Å². The third-order valence-electron chi connectivity index (χ3n) is 2.76. The van der Waals surface area contributed by atoms with Crippen LogP contribution in [0.25, 0.3) is 0 Å². The van der Waals surface area contributed by atoms with Crippen LogP contribution in [0.3, 0.4) is 0 Å². The number of rotatable bonds is 5. The van der Waals surface area contributed by atoms with E-state index in [4.69, 9.17) is 10.5 Å². The molecule has 78 valence electrons. The first-order chi connectivity index (χ1) is 6.38. The van der Waals surface area contributed by atoms with Gasteiger partial charge in [0.2, 0.25) is 0 Å². The lowest BCUT2D eigenvalue weighted by atomic mass is 10.0. The monoisotopic (exact) mass is 186 g/mol. The molecule has 1 saturated heterocycles. The summed E-state index contributed by atoms with van der Waals surface area (Å²) in [4.78, 5) is 2.53. The molecule has 1 heterocycles. The minimum absolute atomic E-state index is 0.644. The van der Waals surface area contributed by atoms with Gasteiger partial charge in [0, 0.05) is 13.2 Å². The maximum Gasteiger partial charge on any atom is 0.0618 e. The van der Waals surface area contributed by atoms with Crippen molar-refractivity contribution in [3.8, 4) is 0 Å². The Morgan fingerprint density at radius 2 is 2.31 bits per heavy atom. The van der Waals surface area contributed by atoms with Crippen molar-refractivity contribution in [2.24, 2.45) is 5.73 Å². The molecule has 0 aromatic heterocycles. The predicted octanol–water partition coefficient (Wildman–Crippen LogP) is 0.836. The van der Waals surface area contributed by atoms with Gasteiger partial charge in [0.05, 0.1) is 6.61 Å². The molecule has 1 atom stereocenters. The molecule has 0 spiro atoms. The molecule has 0 aliphatic carbocycles. The number of ether oxygens (including phenoxy) is 1. The van der Waals surface area contributed by atoms with Crippen molar-refractivity contribution in [2.45, 2.75) is 31.7 Å². The van der Waals surface area contributed by atoms with Crippen molar-refractivity contribution in [3.63, 3.8) is 0 Å². The summed E-state index contributed by atoms with van der Waals surface area (Å²) in [5.41, 5.74) is 5.51. The fourth-order valence-electron chi connectivity index (χ4n) is 2.03. The van der Waals surface area contributed by atoms with Crippen molar-refractivity contribution in [1.82, 2.24) is 4.90 Å². The lowest BCUT2D eigenvalue weighted by Gasteiger charge is -2.35. The lowest BCUT2D eigenvalue weighted by Crippen LogP contribution is -2.43. The van der Waals surface area contributed by atoms with Crippen molar-refractivity contribution in [1.29, 1.82) is 0 Å². The summed E-state index contributed by atoms with van der Waals surface area (Å²) in [6, 6.07) is 0.644. The molecule has 3 heteroatoms. The second-order valence-electron chi connectivity index (χ2n) is 3.78. The third-order valence-corrected chi connectivity index (χ3v) is 2.76. The van der Waals surface area contributed by atoms with Crippen LogP contribution in [0.2, 0.25) is 0 Å². The van der Waals surface area contributed by atoms with Crippen LogP contribution in [0.15, 0.2) is 0 Å². The van der Waals surface area contributed by atoms with E-state index in [0.29, 0.717) is 6.04 Å². The second kappa shape index (κ2) is 6.35. The van der Waals surface area contributed by atoms with E-state index < -0.39 is 0 Å². The number of nitrogens with zero attached hydrogens (tertiary/aromatic N) is 1. The minimum atomic E-state index is 0.644. The molecule has 2 N–H and O–H groups in total. The Morgan fingerprint density at radius 1 is 1.46 bits per heavy atom. The average Bonchev–Trinajstić information content (AvgIpc) is 2.17. The van der Waals surface area contributed by atoms with Gasteiger partial charge in [-0.1, -0.05) is 6.42 Å². The van der Waals surface area contributed by atoms with Crippen LogP contribution in [0.5, 0.6) is 0 Å². The van der Waals surface area contributed by atoms with Crippen LogP contribution >= 0.6 is 0 Å². The van der Waals surface area contributed by atoms with Crippen molar-refractivity contribution < 1.29 is 4.74 Å². The highest BCUT2D eigenvalue weighted by Crippen LogP contribution is 2.16. The summed E-state index contributed by atoms with van der Waals surface area (Å²) < 4.78 is 5.22. The Hall–Kier alpha value is -0.120. The highest BCUT2D eigenvalue weighted by Gasteiger charge is 2.20. The van der Waals surface area contributed by atoms with Gasteiger partial charge in [-0.25, -0.2) is 0 Å². The van der Waals surface area contributed by atoms with E-state index in [1.54, 1.807) is 7.11 Å². The number of likely N-dealkylation sites (tertiary alicyclic amines) is 1. The second-order valence-corrected chi connectivity index (χ2v) is 3.78. The van der Waals surface area contributed by atoms with Gasteiger partial charge in [0.25, 0.3) is 0 Å². The Balaban J connectivity index is 2.28. The van der Waals surface area contributed by atoms with Gasteiger partial charge in [0.15, 0.2) is 0 Å². The van der Waals surface area contributed by atoms with Crippen LogP contribution in [-0.4, -0.2) is 44.3 Å². The van der Waals surface area contributed by atoms with Crippen LogP contribution in [0.1, 0.15) is 25.7 Å². The molecule has 3 nitrogen and oxygen atoms in total. The summed E-state index contributed by atoms with van der Waals surface area (Å²) in [6.07, 6.45) is 5.09. The zero-order chi connectivity index (χ0) is 9.52. The summed E-state index contributed by atoms with van der Waals surface area (Å²) >= 11 is 0. The van der Waals surface area contributed by atoms with E-state index in [-0.39, 0.29) is 0 Å². The maximum atomic E-state index is 5.51. The van der Waals surface area contributed by atoms with Crippen molar-refractivity contribution in [2.75, 3.05) is 33.4 Å². The molecule has 0 aromatic rings. The van der Waals surface area contributed by atoms with Crippen molar-refractivity contribution >= 4 is 0 Å². The maximum absolute atomic E-state index is 5.51. The van der Waals surface area contributed by atoms with E-state index in [9.17, 15) is 0 Å². The van der Waals surface area contributed by atoms with E-state index >= 15 is 0 Å².